The first-order valence-electron chi connectivity index (χ1n) is 12.7. The maximum Gasteiger partial charge on any atom is 0.335 e. The fourth-order valence-electron chi connectivity index (χ4n) is 4.26. The van der Waals surface area contributed by atoms with Crippen LogP contribution < -0.4 is 9.64 Å². The minimum absolute atomic E-state index is 0.110. The average molecular weight is 575 g/mol. The minimum atomic E-state index is -1.06. The minimum Gasteiger partial charge on any atom is -0.504 e. The normalized spacial score (nSPS) is 12.6. The van der Waals surface area contributed by atoms with Crippen molar-refractivity contribution < 1.29 is 43.6 Å². The van der Waals surface area contributed by atoms with Crippen LogP contribution in [0.1, 0.15) is 31.1 Å². The largest absolute Gasteiger partial charge is 0.504 e. The third-order valence-electron chi connectivity index (χ3n) is 6.55. The van der Waals surface area contributed by atoms with Crippen molar-refractivity contribution in [2.24, 2.45) is 0 Å². The molecule has 216 valence electrons. The Morgan fingerprint density at radius 3 is 2.02 bits per heavy atom. The molecule has 42 heavy (non-hydrogen) atoms. The lowest BCUT2D eigenvalue weighted by Gasteiger charge is -2.27. The summed E-state index contributed by atoms with van der Waals surface area (Å²) in [4.78, 5) is 39.2. The predicted octanol–water partition coefficient (Wildman–Crippen LogP) is 4.82. The van der Waals surface area contributed by atoms with Crippen molar-refractivity contribution in [2.45, 2.75) is 0 Å². The van der Waals surface area contributed by atoms with E-state index in [0.29, 0.717) is 36.9 Å². The number of hydrogen-bond acceptors (Lipinski definition) is 9. The molecule has 0 atom stereocenters. The van der Waals surface area contributed by atoms with Gasteiger partial charge in [0.15, 0.2) is 35.6 Å². The lowest BCUT2D eigenvalue weighted by Crippen LogP contribution is -2.36. The zero-order chi connectivity index (χ0) is 30.2. The summed E-state index contributed by atoms with van der Waals surface area (Å²) in [5, 5.41) is 28.0. The van der Waals surface area contributed by atoms with Gasteiger partial charge in [-0.05, 0) is 65.2 Å². The van der Waals surface area contributed by atoms with E-state index in [9.17, 15) is 29.0 Å². The zero-order valence-corrected chi connectivity index (χ0v) is 22.5. The Hall–Kier alpha value is -5.29. The number of aldehydes is 2. The number of carbonyl (C=O) groups is 3. The van der Waals surface area contributed by atoms with Gasteiger partial charge in [-0.15, -0.1) is 0 Å². The molecule has 0 bridgehead atoms. The molecular formula is C31H27FN2O8. The Kier molecular flexibility index (Phi) is 9.46. The molecule has 1 saturated heterocycles. The molecule has 0 aliphatic carbocycles. The molecule has 10 nitrogen and oxygen atoms in total. The van der Waals surface area contributed by atoms with Gasteiger partial charge in [0.1, 0.15) is 5.82 Å². The molecule has 1 fully saturated rings. The highest BCUT2D eigenvalue weighted by molar-refractivity contribution is 5.89. The van der Waals surface area contributed by atoms with Gasteiger partial charge >= 0.3 is 5.97 Å². The van der Waals surface area contributed by atoms with Crippen molar-refractivity contribution in [3.63, 3.8) is 0 Å². The lowest BCUT2D eigenvalue weighted by molar-refractivity contribution is 0.0696. The van der Waals surface area contributed by atoms with Crippen LogP contribution in [0.2, 0.25) is 0 Å². The highest BCUT2D eigenvalue weighted by Crippen LogP contribution is 2.35. The highest BCUT2D eigenvalue weighted by atomic mass is 19.1. The van der Waals surface area contributed by atoms with Crippen molar-refractivity contribution in [3.05, 3.63) is 89.4 Å². The molecule has 3 aromatic carbocycles. The van der Waals surface area contributed by atoms with Crippen LogP contribution in [-0.4, -0.2) is 72.3 Å². The third kappa shape index (κ3) is 6.70. The smallest absolute Gasteiger partial charge is 0.335 e. The monoisotopic (exact) mass is 574 g/mol. The fourth-order valence-corrected chi connectivity index (χ4v) is 4.26. The Morgan fingerprint density at radius 2 is 1.48 bits per heavy atom. The van der Waals surface area contributed by atoms with Crippen molar-refractivity contribution in [3.8, 4) is 39.5 Å². The summed E-state index contributed by atoms with van der Waals surface area (Å²) >= 11 is 0. The van der Waals surface area contributed by atoms with Gasteiger partial charge in [-0.25, -0.2) is 14.2 Å². The summed E-state index contributed by atoms with van der Waals surface area (Å²) in [5.41, 5.74) is 2.69. The van der Waals surface area contributed by atoms with Gasteiger partial charge in [-0.1, -0.05) is 12.1 Å². The Balaban J connectivity index is 0.000000197. The molecule has 1 aliphatic heterocycles. The van der Waals surface area contributed by atoms with Gasteiger partial charge in [0.25, 0.3) is 0 Å². The Bertz CT molecular complexity index is 1580. The standard InChI is InChI=1S/C17H18N2O4.C14H9FO4/c1-22-15-9-13(8-14(11-20)17(15)21)12-2-3-16(18-10-12)19-4-6-23-7-5-19;15-12-6-10(5-11(7-16)13(12)17)8-1-3-9(4-2-8)14(18)19/h2-3,8-11,21H,4-7H2,1H3;1-7,17H,(H,18,19). The number of carboxylic acids is 1. The molecule has 0 spiro atoms. The first-order chi connectivity index (χ1) is 20.2. The summed E-state index contributed by atoms with van der Waals surface area (Å²) in [5.74, 6) is -1.63. The van der Waals surface area contributed by atoms with E-state index < -0.39 is 17.5 Å². The Labute approximate surface area is 240 Å². The van der Waals surface area contributed by atoms with Gasteiger partial charge < -0.3 is 29.7 Å². The predicted molar refractivity (Wildman–Crippen MR) is 152 cm³/mol. The molecule has 0 unspecified atom stereocenters. The molecule has 0 saturated carbocycles. The molecule has 0 amide bonds. The van der Waals surface area contributed by atoms with E-state index >= 15 is 0 Å². The van der Waals surface area contributed by atoms with Gasteiger partial charge in [0, 0.05) is 24.8 Å². The van der Waals surface area contributed by atoms with E-state index in [1.54, 1.807) is 18.3 Å². The quantitative estimate of drug-likeness (QED) is 0.263. The van der Waals surface area contributed by atoms with Crippen LogP contribution in [0.15, 0.2) is 66.9 Å². The molecule has 2 heterocycles. The topological polar surface area (TPSA) is 146 Å². The number of aromatic hydroxyl groups is 2. The van der Waals surface area contributed by atoms with Crippen molar-refractivity contribution in [1.82, 2.24) is 4.98 Å². The number of halogens is 1. The molecule has 0 radical (unpaired) electrons. The first-order valence-corrected chi connectivity index (χ1v) is 12.7. The molecule has 3 N–H and O–H groups in total. The number of benzene rings is 3. The number of carboxylic acid groups (broad SMARTS) is 1. The van der Waals surface area contributed by atoms with Gasteiger partial charge in [-0.3, -0.25) is 9.59 Å². The maximum atomic E-state index is 13.4. The number of pyridine rings is 1. The summed E-state index contributed by atoms with van der Waals surface area (Å²) in [6.45, 7) is 3.08. The number of morpholine rings is 1. The van der Waals surface area contributed by atoms with Gasteiger partial charge in [-0.2, -0.15) is 0 Å². The maximum absolute atomic E-state index is 13.4. The molecule has 11 heteroatoms. The van der Waals surface area contributed by atoms with Crippen LogP contribution in [0.3, 0.4) is 0 Å². The second-order valence-corrected chi connectivity index (χ2v) is 9.13. The molecule has 5 rings (SSSR count). The van der Waals surface area contributed by atoms with Crippen LogP contribution in [0.4, 0.5) is 10.2 Å². The van der Waals surface area contributed by atoms with E-state index in [2.05, 4.69) is 9.88 Å². The first kappa shape index (κ1) is 29.7. The van der Waals surface area contributed by atoms with Crippen molar-refractivity contribution >= 4 is 24.4 Å². The van der Waals surface area contributed by atoms with Gasteiger partial charge in [0.2, 0.25) is 0 Å². The van der Waals surface area contributed by atoms with Gasteiger partial charge in [0.05, 0.1) is 37.0 Å². The number of phenols is 2. The van der Waals surface area contributed by atoms with E-state index in [1.165, 1.54) is 37.4 Å². The van der Waals surface area contributed by atoms with Crippen LogP contribution in [-0.2, 0) is 4.74 Å². The summed E-state index contributed by atoms with van der Waals surface area (Å²) < 4.78 is 23.9. The average Bonchev–Trinajstić information content (AvgIpc) is 3.03. The molecular weight excluding hydrogens is 547 g/mol. The number of rotatable bonds is 7. The van der Waals surface area contributed by atoms with Crippen molar-refractivity contribution in [2.75, 3.05) is 38.3 Å². The number of phenolic OH excluding ortho intramolecular Hbond substituents is 2. The van der Waals surface area contributed by atoms with E-state index in [4.69, 9.17) is 14.6 Å². The van der Waals surface area contributed by atoms with Crippen LogP contribution in [0.25, 0.3) is 22.3 Å². The van der Waals surface area contributed by atoms with E-state index in [-0.39, 0.29) is 28.2 Å². The summed E-state index contributed by atoms with van der Waals surface area (Å²) in [6, 6.07) is 15.4. The fraction of sp³-hybridized carbons (Fsp3) is 0.161. The number of carbonyl (C=O) groups excluding carboxylic acids is 2. The lowest BCUT2D eigenvalue weighted by atomic mass is 10.0. The summed E-state index contributed by atoms with van der Waals surface area (Å²) in [7, 11) is 1.45. The third-order valence-corrected chi connectivity index (χ3v) is 6.55. The van der Waals surface area contributed by atoms with Crippen LogP contribution in [0.5, 0.6) is 17.2 Å². The highest BCUT2D eigenvalue weighted by Gasteiger charge is 2.15. The van der Waals surface area contributed by atoms with E-state index in [0.717, 1.165) is 36.1 Å². The molecule has 1 aliphatic rings. The SMILES string of the molecule is COc1cc(-c2ccc(N3CCOCC3)nc2)cc(C=O)c1O.O=Cc1cc(-c2ccc(C(=O)O)cc2)cc(F)c1O. The second-order valence-electron chi connectivity index (χ2n) is 9.13. The van der Waals surface area contributed by atoms with Crippen LogP contribution >= 0.6 is 0 Å². The number of ether oxygens (including phenoxy) is 2. The molecule has 4 aromatic rings. The number of anilines is 1. The zero-order valence-electron chi connectivity index (χ0n) is 22.5. The number of aromatic carboxylic acids is 1. The van der Waals surface area contributed by atoms with E-state index in [1.807, 2.05) is 12.1 Å². The summed E-state index contributed by atoms with van der Waals surface area (Å²) in [6.07, 6.45) is 2.72. The second kappa shape index (κ2) is 13.4. The number of nitrogens with zero attached hydrogens (tertiary/aromatic N) is 2. The van der Waals surface area contributed by atoms with Crippen LogP contribution in [0, 0.1) is 5.82 Å². The van der Waals surface area contributed by atoms with Crippen molar-refractivity contribution in [1.29, 1.82) is 0 Å². The molecule has 1 aromatic heterocycles. The number of aromatic nitrogens is 1. The Morgan fingerprint density at radius 1 is 0.881 bits per heavy atom. The number of methoxy groups -OCH3 is 1. The number of hydrogen-bond donors (Lipinski definition) is 3.